The molecule has 5 nitrogen and oxygen atoms in total. The van der Waals surface area contributed by atoms with Crippen LogP contribution in [0.2, 0.25) is 0 Å². The summed E-state index contributed by atoms with van der Waals surface area (Å²) in [7, 11) is -1.71. The summed E-state index contributed by atoms with van der Waals surface area (Å²) in [6.45, 7) is 1.15. The molecule has 3 rings (SSSR count). The molecule has 2 aliphatic rings. The van der Waals surface area contributed by atoms with Crippen LogP contribution in [0.25, 0.3) is 0 Å². The second-order valence-corrected chi connectivity index (χ2v) is 9.37. The van der Waals surface area contributed by atoms with Crippen molar-refractivity contribution in [3.63, 3.8) is 0 Å². The maximum Gasteiger partial charge on any atom is 0.416 e. The Balaban J connectivity index is 1.75. The fraction of sp³-hybridized carbons (Fsp3) is 0.588. The van der Waals surface area contributed by atoms with Gasteiger partial charge in [0.25, 0.3) is 0 Å². The van der Waals surface area contributed by atoms with E-state index in [0.29, 0.717) is 25.9 Å². The van der Waals surface area contributed by atoms with Gasteiger partial charge >= 0.3 is 6.18 Å². The molecule has 1 atom stereocenters. The second-order valence-electron chi connectivity index (χ2n) is 6.99. The number of hydrogen-bond acceptors (Lipinski definition) is 4. The number of amides is 1. The zero-order valence-electron chi connectivity index (χ0n) is 14.3. The zero-order valence-corrected chi connectivity index (χ0v) is 15.2. The van der Waals surface area contributed by atoms with Crippen LogP contribution in [0, 0.1) is 0 Å². The standard InChI is InChI=1S/C17H21F3N2O3S/c1-22(14-11-26(24,25)16(14)5-7-21-8-6-16)15(23)10-12-3-2-4-13(9-12)17(18,19)20/h2-4,9,14,21H,5-8,10-11H2,1H3. The van der Waals surface area contributed by atoms with Gasteiger partial charge in [0.2, 0.25) is 5.91 Å². The third kappa shape index (κ3) is 3.22. The van der Waals surface area contributed by atoms with Crippen molar-refractivity contribution in [3.8, 4) is 0 Å². The molecule has 0 aliphatic carbocycles. The molecule has 26 heavy (non-hydrogen) atoms. The first kappa shape index (κ1) is 19.2. The molecule has 1 amide bonds. The van der Waals surface area contributed by atoms with Crippen LogP contribution in [0.5, 0.6) is 0 Å². The van der Waals surface area contributed by atoms with E-state index in [9.17, 15) is 26.4 Å². The van der Waals surface area contributed by atoms with Gasteiger partial charge in [0, 0.05) is 7.05 Å². The summed E-state index contributed by atoms with van der Waals surface area (Å²) in [5.41, 5.74) is -0.537. The van der Waals surface area contributed by atoms with Crippen LogP contribution in [0.15, 0.2) is 24.3 Å². The van der Waals surface area contributed by atoms with E-state index in [-0.39, 0.29) is 23.6 Å². The largest absolute Gasteiger partial charge is 0.416 e. The number of nitrogens with zero attached hydrogens (tertiary/aromatic N) is 1. The second kappa shape index (κ2) is 6.53. The lowest BCUT2D eigenvalue weighted by Gasteiger charge is -2.53. The maximum atomic E-state index is 12.8. The molecule has 2 fully saturated rings. The van der Waals surface area contributed by atoms with Crippen molar-refractivity contribution in [1.29, 1.82) is 0 Å². The van der Waals surface area contributed by atoms with Gasteiger partial charge in [-0.25, -0.2) is 8.42 Å². The molecule has 2 saturated heterocycles. The lowest BCUT2D eigenvalue weighted by atomic mass is 9.87. The average molecular weight is 390 g/mol. The third-order valence-corrected chi connectivity index (χ3v) is 8.20. The van der Waals surface area contributed by atoms with Crippen molar-refractivity contribution in [1.82, 2.24) is 10.2 Å². The summed E-state index contributed by atoms with van der Waals surface area (Å²) in [5.74, 6) is -0.459. The third-order valence-electron chi connectivity index (χ3n) is 5.52. The summed E-state index contributed by atoms with van der Waals surface area (Å²) in [4.78, 5) is 14.0. The number of piperidine rings is 1. The van der Waals surface area contributed by atoms with Crippen molar-refractivity contribution >= 4 is 15.7 Å². The Bertz CT molecular complexity index is 802. The van der Waals surface area contributed by atoms with E-state index in [4.69, 9.17) is 0 Å². The van der Waals surface area contributed by atoms with Crippen molar-refractivity contribution < 1.29 is 26.4 Å². The van der Waals surface area contributed by atoms with Crippen LogP contribution in [0.4, 0.5) is 13.2 Å². The Hall–Kier alpha value is -1.61. The molecule has 0 aromatic heterocycles. The van der Waals surface area contributed by atoms with Crippen LogP contribution in [0.1, 0.15) is 24.0 Å². The number of halogens is 3. The molecule has 0 saturated carbocycles. The highest BCUT2D eigenvalue weighted by Crippen LogP contribution is 2.44. The Morgan fingerprint density at radius 3 is 2.54 bits per heavy atom. The van der Waals surface area contributed by atoms with Gasteiger partial charge in [-0.3, -0.25) is 4.79 Å². The molecule has 0 radical (unpaired) electrons. The van der Waals surface area contributed by atoms with Crippen LogP contribution < -0.4 is 5.32 Å². The van der Waals surface area contributed by atoms with E-state index in [1.54, 1.807) is 7.05 Å². The predicted octanol–water partition coefficient (Wildman–Crippen LogP) is 1.63. The van der Waals surface area contributed by atoms with Crippen molar-refractivity contribution in [2.24, 2.45) is 0 Å². The van der Waals surface area contributed by atoms with Gasteiger partial charge < -0.3 is 10.2 Å². The van der Waals surface area contributed by atoms with E-state index >= 15 is 0 Å². The van der Waals surface area contributed by atoms with Gasteiger partial charge in [-0.1, -0.05) is 18.2 Å². The average Bonchev–Trinajstić information content (AvgIpc) is 2.59. The number of hydrogen-bond donors (Lipinski definition) is 1. The highest BCUT2D eigenvalue weighted by Gasteiger charge is 2.62. The van der Waals surface area contributed by atoms with Crippen molar-refractivity contribution in [2.75, 3.05) is 25.9 Å². The number of carbonyl (C=O) groups is 1. The lowest BCUT2D eigenvalue weighted by molar-refractivity contribution is -0.138. The van der Waals surface area contributed by atoms with Crippen LogP contribution >= 0.6 is 0 Å². The van der Waals surface area contributed by atoms with Crippen molar-refractivity contribution in [3.05, 3.63) is 35.4 Å². The first-order valence-electron chi connectivity index (χ1n) is 8.42. The fourth-order valence-electron chi connectivity index (χ4n) is 3.92. The number of rotatable bonds is 3. The maximum absolute atomic E-state index is 12.8. The van der Waals surface area contributed by atoms with Gasteiger partial charge in [0.15, 0.2) is 9.84 Å². The normalized spacial score (nSPS) is 24.1. The predicted molar refractivity (Wildman–Crippen MR) is 90.3 cm³/mol. The topological polar surface area (TPSA) is 66.5 Å². The highest BCUT2D eigenvalue weighted by atomic mass is 32.2. The molecule has 2 aliphatic heterocycles. The van der Waals surface area contributed by atoms with E-state index in [0.717, 1.165) is 12.1 Å². The molecule has 1 aromatic rings. The molecule has 1 N–H and O–H groups in total. The monoisotopic (exact) mass is 390 g/mol. The van der Waals surface area contributed by atoms with Gasteiger partial charge in [-0.2, -0.15) is 13.2 Å². The minimum Gasteiger partial charge on any atom is -0.340 e. The van der Waals surface area contributed by atoms with Gasteiger partial charge in [0.1, 0.15) is 0 Å². The summed E-state index contributed by atoms with van der Waals surface area (Å²) in [6, 6.07) is 4.24. The number of nitrogens with one attached hydrogen (secondary N) is 1. The number of carbonyl (C=O) groups excluding carboxylic acids is 1. The molecule has 1 aromatic carbocycles. The smallest absolute Gasteiger partial charge is 0.340 e. The summed E-state index contributed by atoms with van der Waals surface area (Å²) >= 11 is 0. The van der Waals surface area contributed by atoms with Crippen LogP contribution in [-0.4, -0.2) is 55.9 Å². The van der Waals surface area contributed by atoms with E-state index in [1.165, 1.54) is 17.0 Å². The zero-order chi connectivity index (χ0) is 19.2. The number of benzene rings is 1. The van der Waals surface area contributed by atoms with Crippen LogP contribution in [-0.2, 0) is 27.2 Å². The minimum atomic E-state index is -4.47. The SMILES string of the molecule is CN(C(=O)Cc1cccc(C(F)(F)F)c1)C1CS(=O)(=O)C12CCNCC2. The summed E-state index contributed by atoms with van der Waals surface area (Å²) in [5, 5.41) is 3.12. The van der Waals surface area contributed by atoms with E-state index in [1.807, 2.05) is 0 Å². The highest BCUT2D eigenvalue weighted by molar-refractivity contribution is 7.94. The number of likely N-dealkylation sites (N-methyl/N-ethyl adjacent to an activating group) is 1. The van der Waals surface area contributed by atoms with E-state index < -0.39 is 32.4 Å². The molecule has 1 spiro atoms. The molecular weight excluding hydrogens is 369 g/mol. The van der Waals surface area contributed by atoms with E-state index in [2.05, 4.69) is 5.32 Å². The lowest BCUT2D eigenvalue weighted by Crippen LogP contribution is -2.72. The first-order chi connectivity index (χ1) is 12.1. The Kier molecular flexibility index (Phi) is 4.81. The minimum absolute atomic E-state index is 0.0855. The van der Waals surface area contributed by atoms with Gasteiger partial charge in [-0.05, 0) is 37.6 Å². The quantitative estimate of drug-likeness (QED) is 0.852. The molecule has 9 heteroatoms. The number of sulfone groups is 1. The molecule has 1 unspecified atom stereocenters. The van der Waals surface area contributed by atoms with Crippen molar-refractivity contribution in [2.45, 2.75) is 36.2 Å². The molecule has 0 bridgehead atoms. The van der Waals surface area contributed by atoms with Gasteiger partial charge in [0.05, 0.1) is 28.5 Å². The molecular formula is C17H21F3N2O3S. The molecule has 144 valence electrons. The fourth-order valence-corrected chi connectivity index (χ4v) is 6.40. The molecule has 2 heterocycles. The summed E-state index contributed by atoms with van der Waals surface area (Å²) < 4.78 is 62.2. The Morgan fingerprint density at radius 1 is 1.31 bits per heavy atom. The first-order valence-corrected chi connectivity index (χ1v) is 10.1. The Labute approximate surface area is 150 Å². The number of alkyl halides is 3. The summed E-state index contributed by atoms with van der Waals surface area (Å²) in [6.07, 6.45) is -3.76. The Morgan fingerprint density at radius 2 is 1.96 bits per heavy atom. The van der Waals surface area contributed by atoms with Gasteiger partial charge in [-0.15, -0.1) is 0 Å². The van der Waals surface area contributed by atoms with Crippen LogP contribution in [0.3, 0.4) is 0 Å².